The zero-order chi connectivity index (χ0) is 13.1. The Morgan fingerprint density at radius 1 is 1.16 bits per heavy atom. The molecule has 3 rings (SSSR count). The maximum Gasteiger partial charge on any atom is 0.0505 e. The van der Waals surface area contributed by atoms with Gasteiger partial charge in [0.25, 0.3) is 0 Å². The fourth-order valence-electron chi connectivity index (χ4n) is 3.05. The Morgan fingerprint density at radius 2 is 2.00 bits per heavy atom. The lowest BCUT2D eigenvalue weighted by Gasteiger charge is -2.24. The lowest BCUT2D eigenvalue weighted by molar-refractivity contribution is 0.569. The van der Waals surface area contributed by atoms with Crippen LogP contribution in [0, 0.1) is 0 Å². The molecular formula is C16H23NS2. The van der Waals surface area contributed by atoms with Crippen molar-refractivity contribution in [1.29, 1.82) is 0 Å². The summed E-state index contributed by atoms with van der Waals surface area (Å²) in [5, 5.41) is 0. The molecule has 1 nitrogen and oxygen atoms in total. The number of hydrogen-bond acceptors (Lipinski definition) is 3. The van der Waals surface area contributed by atoms with Gasteiger partial charge in [0.1, 0.15) is 0 Å². The second-order valence-corrected chi connectivity index (χ2v) is 8.51. The summed E-state index contributed by atoms with van der Waals surface area (Å²) in [5.74, 6) is 2.72. The quantitative estimate of drug-likeness (QED) is 0.906. The van der Waals surface area contributed by atoms with Crippen LogP contribution in [0.4, 0.5) is 0 Å². The molecule has 1 aromatic rings. The van der Waals surface area contributed by atoms with Crippen LogP contribution in [-0.4, -0.2) is 16.1 Å². The highest BCUT2D eigenvalue weighted by Crippen LogP contribution is 2.34. The zero-order valence-corrected chi connectivity index (χ0v) is 13.1. The van der Waals surface area contributed by atoms with Gasteiger partial charge in [0.15, 0.2) is 0 Å². The van der Waals surface area contributed by atoms with E-state index in [0.717, 1.165) is 11.0 Å². The van der Waals surface area contributed by atoms with Gasteiger partial charge in [0.05, 0.1) is 4.58 Å². The first-order valence-corrected chi connectivity index (χ1v) is 9.53. The summed E-state index contributed by atoms with van der Waals surface area (Å²) in [6.07, 6.45) is 7.58. The molecule has 2 aliphatic rings. The molecule has 19 heavy (non-hydrogen) atoms. The number of thioether (sulfide) groups is 2. The molecule has 1 saturated heterocycles. The van der Waals surface area contributed by atoms with Gasteiger partial charge in [0, 0.05) is 6.04 Å². The summed E-state index contributed by atoms with van der Waals surface area (Å²) in [7, 11) is 0. The zero-order valence-electron chi connectivity index (χ0n) is 11.4. The molecular weight excluding hydrogens is 270 g/mol. The topological polar surface area (TPSA) is 26.0 Å². The monoisotopic (exact) mass is 293 g/mol. The third-order valence-corrected chi connectivity index (χ3v) is 7.21. The van der Waals surface area contributed by atoms with Crippen molar-refractivity contribution in [2.45, 2.75) is 49.1 Å². The van der Waals surface area contributed by atoms with E-state index in [0.29, 0.717) is 0 Å². The minimum atomic E-state index is 0.280. The highest BCUT2D eigenvalue weighted by molar-refractivity contribution is 8.17. The van der Waals surface area contributed by atoms with Gasteiger partial charge in [-0.3, -0.25) is 0 Å². The summed E-state index contributed by atoms with van der Waals surface area (Å²) in [6.45, 7) is 0. The van der Waals surface area contributed by atoms with Gasteiger partial charge in [-0.15, -0.1) is 23.5 Å². The van der Waals surface area contributed by atoms with Crippen molar-refractivity contribution in [2.24, 2.45) is 5.73 Å². The van der Waals surface area contributed by atoms with Crippen LogP contribution in [0.15, 0.2) is 18.2 Å². The maximum atomic E-state index is 6.18. The number of rotatable bonds is 3. The molecule has 0 bridgehead atoms. The lowest BCUT2D eigenvalue weighted by Crippen LogP contribution is -2.17. The summed E-state index contributed by atoms with van der Waals surface area (Å²) in [4.78, 5) is 0. The fourth-order valence-corrected chi connectivity index (χ4v) is 5.91. The molecule has 0 aromatic heterocycles. The molecule has 0 radical (unpaired) electrons. The van der Waals surface area contributed by atoms with Crippen molar-refractivity contribution in [3.8, 4) is 0 Å². The standard InChI is InChI=1S/C16H23NS2/c17-15-4-1-3-13-11-12(5-7-14(13)15)6-8-16-18-9-2-10-19-16/h5,7,11,15-16H,1-4,6,8-10,17H2/t15-/m1/s1. The van der Waals surface area contributed by atoms with E-state index in [1.807, 2.05) is 0 Å². The third-order valence-electron chi connectivity index (χ3n) is 4.13. The Labute approximate surface area is 125 Å². The normalized spacial score (nSPS) is 24.2. The molecule has 104 valence electrons. The largest absolute Gasteiger partial charge is 0.324 e. The summed E-state index contributed by atoms with van der Waals surface area (Å²) in [6, 6.07) is 7.30. The van der Waals surface area contributed by atoms with Crippen molar-refractivity contribution in [3.63, 3.8) is 0 Å². The molecule has 0 unspecified atom stereocenters. The first-order valence-electron chi connectivity index (χ1n) is 7.43. The third kappa shape index (κ3) is 3.50. The number of hydrogen-bond donors (Lipinski definition) is 1. The van der Waals surface area contributed by atoms with Crippen LogP contribution in [0.1, 0.15) is 48.4 Å². The highest BCUT2D eigenvalue weighted by atomic mass is 32.2. The minimum absolute atomic E-state index is 0.280. The second-order valence-electron chi connectivity index (χ2n) is 5.60. The van der Waals surface area contributed by atoms with Crippen LogP contribution in [0.3, 0.4) is 0 Å². The van der Waals surface area contributed by atoms with Gasteiger partial charge in [-0.05, 0) is 66.7 Å². The Hall–Kier alpha value is -0.120. The Kier molecular flexibility index (Phi) is 4.78. The van der Waals surface area contributed by atoms with Gasteiger partial charge in [-0.2, -0.15) is 0 Å². The number of nitrogens with two attached hydrogens (primary N) is 1. The molecule has 0 spiro atoms. The summed E-state index contributed by atoms with van der Waals surface area (Å²) >= 11 is 4.31. The molecule has 1 fully saturated rings. The Bertz CT molecular complexity index is 427. The fraction of sp³-hybridized carbons (Fsp3) is 0.625. The van der Waals surface area contributed by atoms with Crippen molar-refractivity contribution in [3.05, 3.63) is 34.9 Å². The van der Waals surface area contributed by atoms with Crippen molar-refractivity contribution < 1.29 is 0 Å². The molecule has 1 aromatic carbocycles. The SMILES string of the molecule is N[C@@H]1CCCc2cc(CCC3SCCCS3)ccc21. The summed E-state index contributed by atoms with van der Waals surface area (Å²) < 4.78 is 0.826. The van der Waals surface area contributed by atoms with Crippen molar-refractivity contribution in [2.75, 3.05) is 11.5 Å². The smallest absolute Gasteiger partial charge is 0.0505 e. The van der Waals surface area contributed by atoms with Crippen molar-refractivity contribution >= 4 is 23.5 Å². The minimum Gasteiger partial charge on any atom is -0.324 e. The van der Waals surface area contributed by atoms with E-state index >= 15 is 0 Å². The van der Waals surface area contributed by atoms with E-state index in [1.54, 1.807) is 0 Å². The first kappa shape index (κ1) is 13.8. The molecule has 1 heterocycles. The van der Waals surface area contributed by atoms with E-state index < -0.39 is 0 Å². The van der Waals surface area contributed by atoms with Crippen molar-refractivity contribution in [1.82, 2.24) is 0 Å². The number of benzene rings is 1. The highest BCUT2D eigenvalue weighted by Gasteiger charge is 2.18. The van der Waals surface area contributed by atoms with E-state index in [-0.39, 0.29) is 6.04 Å². The number of fused-ring (bicyclic) bond motifs is 1. The molecule has 1 aliphatic carbocycles. The summed E-state index contributed by atoms with van der Waals surface area (Å²) in [5.41, 5.74) is 10.6. The van der Waals surface area contributed by atoms with Gasteiger partial charge >= 0.3 is 0 Å². The van der Waals surface area contributed by atoms with Crippen LogP contribution >= 0.6 is 23.5 Å². The molecule has 0 amide bonds. The van der Waals surface area contributed by atoms with Gasteiger partial charge in [-0.1, -0.05) is 18.2 Å². The second kappa shape index (κ2) is 6.55. The maximum absolute atomic E-state index is 6.18. The van der Waals surface area contributed by atoms with Crippen LogP contribution in [0.25, 0.3) is 0 Å². The lowest BCUT2D eigenvalue weighted by atomic mass is 9.86. The van der Waals surface area contributed by atoms with Gasteiger partial charge in [-0.25, -0.2) is 0 Å². The predicted molar refractivity (Wildman–Crippen MR) is 88.0 cm³/mol. The Morgan fingerprint density at radius 3 is 2.84 bits per heavy atom. The van der Waals surface area contributed by atoms with Crippen LogP contribution in [-0.2, 0) is 12.8 Å². The van der Waals surface area contributed by atoms with E-state index in [9.17, 15) is 0 Å². The molecule has 2 N–H and O–H groups in total. The average molecular weight is 294 g/mol. The molecule has 3 heteroatoms. The van der Waals surface area contributed by atoms with E-state index in [1.165, 1.54) is 60.3 Å². The van der Waals surface area contributed by atoms with Gasteiger partial charge in [0.2, 0.25) is 0 Å². The van der Waals surface area contributed by atoms with Crippen LogP contribution < -0.4 is 5.73 Å². The average Bonchev–Trinajstić information content (AvgIpc) is 2.46. The first-order chi connectivity index (χ1) is 9.33. The van der Waals surface area contributed by atoms with E-state index in [4.69, 9.17) is 5.73 Å². The number of aryl methyl sites for hydroxylation is 2. The predicted octanol–water partition coefficient (Wildman–Crippen LogP) is 4.15. The van der Waals surface area contributed by atoms with E-state index in [2.05, 4.69) is 41.7 Å². The van der Waals surface area contributed by atoms with Crippen LogP contribution in [0.2, 0.25) is 0 Å². The molecule has 1 aliphatic heterocycles. The van der Waals surface area contributed by atoms with Gasteiger partial charge < -0.3 is 5.73 Å². The molecule has 1 atom stereocenters. The Balaban J connectivity index is 1.62. The van der Waals surface area contributed by atoms with Crippen LogP contribution in [0.5, 0.6) is 0 Å². The molecule has 0 saturated carbocycles.